The molecule has 1 amide bonds. The van der Waals surface area contributed by atoms with E-state index in [9.17, 15) is 14.7 Å². The van der Waals surface area contributed by atoms with Crippen molar-refractivity contribution < 1.29 is 14.3 Å². The Morgan fingerprint density at radius 1 is 1.17 bits per heavy atom. The fourth-order valence-corrected chi connectivity index (χ4v) is 5.74. The summed E-state index contributed by atoms with van der Waals surface area (Å²) in [4.78, 5) is 44.1. The summed E-state index contributed by atoms with van der Waals surface area (Å²) in [5, 5.41) is 10.3. The number of pyridine rings is 2. The Hall–Kier alpha value is -4.44. The molecule has 1 N–H and O–H groups in total. The van der Waals surface area contributed by atoms with E-state index >= 15 is 4.39 Å². The van der Waals surface area contributed by atoms with Gasteiger partial charge in [-0.3, -0.25) is 9.78 Å². The van der Waals surface area contributed by atoms with Crippen molar-refractivity contribution in [3.8, 4) is 16.9 Å². The molecule has 0 bridgehead atoms. The van der Waals surface area contributed by atoms with Crippen LogP contribution in [-0.2, 0) is 11.4 Å². The monoisotopic (exact) mass is 570 g/mol. The largest absolute Gasteiger partial charge is 0.392 e. The van der Waals surface area contributed by atoms with Gasteiger partial charge in [0.15, 0.2) is 5.65 Å². The Bertz CT molecular complexity index is 1750. The maximum atomic E-state index is 16.0. The van der Waals surface area contributed by atoms with E-state index in [1.54, 1.807) is 35.4 Å². The molecule has 10 heteroatoms. The normalized spacial score (nSPS) is 17.2. The number of nitrogens with zero attached hydrogens (tertiary/aromatic N) is 6. The molecule has 2 atom stereocenters. The number of piperazine rings is 1. The summed E-state index contributed by atoms with van der Waals surface area (Å²) < 4.78 is 17.4. The Morgan fingerprint density at radius 3 is 2.60 bits per heavy atom. The van der Waals surface area contributed by atoms with Crippen molar-refractivity contribution in [2.75, 3.05) is 18.0 Å². The molecule has 5 rings (SSSR count). The van der Waals surface area contributed by atoms with Crippen LogP contribution in [0, 0.1) is 12.7 Å². The first-order valence-electron chi connectivity index (χ1n) is 14.0. The van der Waals surface area contributed by atoms with Crippen molar-refractivity contribution in [3.63, 3.8) is 0 Å². The van der Waals surface area contributed by atoms with E-state index in [1.807, 2.05) is 45.6 Å². The van der Waals surface area contributed by atoms with E-state index in [2.05, 4.69) is 16.5 Å². The van der Waals surface area contributed by atoms with Crippen LogP contribution in [-0.4, -0.2) is 60.6 Å². The number of hydrogen-bond donors (Lipinski definition) is 1. The number of aliphatic hydroxyl groups is 1. The minimum absolute atomic E-state index is 0.0205. The number of carbonyl (C=O) groups excluding carboxylic acids is 1. The Morgan fingerprint density at radius 2 is 1.90 bits per heavy atom. The molecule has 1 saturated heterocycles. The van der Waals surface area contributed by atoms with Gasteiger partial charge in [0.2, 0.25) is 5.91 Å². The van der Waals surface area contributed by atoms with Gasteiger partial charge in [0.05, 0.1) is 23.4 Å². The maximum Gasteiger partial charge on any atom is 0.355 e. The van der Waals surface area contributed by atoms with E-state index in [-0.39, 0.29) is 41.9 Å². The summed E-state index contributed by atoms with van der Waals surface area (Å²) in [7, 11) is 0. The van der Waals surface area contributed by atoms with Gasteiger partial charge in [-0.2, -0.15) is 4.98 Å². The number of aliphatic hydroxyl groups excluding tert-OH is 1. The summed E-state index contributed by atoms with van der Waals surface area (Å²) in [6.45, 7) is 13.8. The standard InChI is InChI=1S/C32H35FN6O3/c1-7-26(41)37-15-21(6)38(16-20(37)5)30-24-14-25(33)28(23-11-9-8-10-22(23)17-40)35-31(24)39(32(42)36-30)29-19(4)12-13-34-27(29)18(2)3/h7-14,18,20-21,40H,1,15-17H2,2-6H3. The van der Waals surface area contributed by atoms with Crippen LogP contribution in [0.2, 0.25) is 0 Å². The highest BCUT2D eigenvalue weighted by atomic mass is 19.1. The number of anilines is 1. The minimum Gasteiger partial charge on any atom is -0.392 e. The fraction of sp³-hybridized carbons (Fsp3) is 0.344. The SMILES string of the molecule is C=CC(=O)N1CC(C)N(c2nc(=O)n(-c3c(C)ccnc3C(C)C)c3nc(-c4ccccc4CO)c(F)cc23)CC1C. The summed E-state index contributed by atoms with van der Waals surface area (Å²) in [6, 6.07) is 9.68. The number of hydrogen-bond acceptors (Lipinski definition) is 7. The number of rotatable bonds is 6. The number of aromatic nitrogens is 4. The third kappa shape index (κ3) is 4.96. The molecule has 1 aliphatic heterocycles. The van der Waals surface area contributed by atoms with Crippen molar-refractivity contribution >= 4 is 22.8 Å². The number of benzene rings is 1. The third-order valence-electron chi connectivity index (χ3n) is 7.88. The van der Waals surface area contributed by atoms with Crippen molar-refractivity contribution in [3.05, 3.63) is 88.4 Å². The lowest BCUT2D eigenvalue weighted by atomic mass is 10.0. The van der Waals surface area contributed by atoms with Crippen molar-refractivity contribution in [2.24, 2.45) is 0 Å². The molecule has 3 aromatic heterocycles. The van der Waals surface area contributed by atoms with Crippen LogP contribution >= 0.6 is 0 Å². The molecule has 1 aromatic carbocycles. The van der Waals surface area contributed by atoms with Crippen LogP contribution in [0.25, 0.3) is 28.0 Å². The summed E-state index contributed by atoms with van der Waals surface area (Å²) in [5.41, 5.74) is 2.68. The highest BCUT2D eigenvalue weighted by Crippen LogP contribution is 2.34. The lowest BCUT2D eigenvalue weighted by Crippen LogP contribution is -2.58. The highest BCUT2D eigenvalue weighted by Gasteiger charge is 2.34. The Labute approximate surface area is 244 Å². The fourth-order valence-electron chi connectivity index (χ4n) is 5.74. The Balaban J connectivity index is 1.83. The van der Waals surface area contributed by atoms with Gasteiger partial charge in [-0.05, 0) is 56.0 Å². The highest BCUT2D eigenvalue weighted by molar-refractivity contribution is 5.91. The lowest BCUT2D eigenvalue weighted by Gasteiger charge is -2.44. The molecule has 1 fully saturated rings. The number of fused-ring (bicyclic) bond motifs is 1. The topological polar surface area (TPSA) is 104 Å². The van der Waals surface area contributed by atoms with Gasteiger partial charge in [0.25, 0.3) is 0 Å². The number of carbonyl (C=O) groups is 1. The zero-order valence-electron chi connectivity index (χ0n) is 24.5. The molecule has 0 spiro atoms. The first kappa shape index (κ1) is 29.1. The molecule has 2 unspecified atom stereocenters. The Kier molecular flexibility index (Phi) is 7.92. The average molecular weight is 571 g/mol. The van der Waals surface area contributed by atoms with Crippen molar-refractivity contribution in [2.45, 2.75) is 59.2 Å². The van der Waals surface area contributed by atoms with Gasteiger partial charge in [-0.15, -0.1) is 0 Å². The molecule has 4 heterocycles. The van der Waals surface area contributed by atoms with Gasteiger partial charge in [0.1, 0.15) is 17.3 Å². The van der Waals surface area contributed by atoms with E-state index in [0.29, 0.717) is 46.8 Å². The van der Waals surface area contributed by atoms with Crippen LogP contribution in [0.3, 0.4) is 0 Å². The molecular formula is C32H35FN6O3. The van der Waals surface area contributed by atoms with E-state index in [1.165, 1.54) is 16.7 Å². The summed E-state index contributed by atoms with van der Waals surface area (Å²) >= 11 is 0. The lowest BCUT2D eigenvalue weighted by molar-refractivity contribution is -0.128. The van der Waals surface area contributed by atoms with Gasteiger partial charge < -0.3 is 14.9 Å². The number of halogens is 1. The van der Waals surface area contributed by atoms with E-state index in [0.717, 1.165) is 5.56 Å². The molecule has 0 saturated carbocycles. The minimum atomic E-state index is -0.607. The molecule has 4 aromatic rings. The second-order valence-corrected chi connectivity index (χ2v) is 11.1. The van der Waals surface area contributed by atoms with Crippen molar-refractivity contribution in [1.29, 1.82) is 0 Å². The number of aryl methyl sites for hydroxylation is 1. The number of amides is 1. The van der Waals surface area contributed by atoms with Crippen LogP contribution in [0.4, 0.5) is 10.2 Å². The van der Waals surface area contributed by atoms with Gasteiger partial charge in [0, 0.05) is 36.9 Å². The molecule has 0 aliphatic carbocycles. The predicted molar refractivity (Wildman–Crippen MR) is 161 cm³/mol. The molecule has 9 nitrogen and oxygen atoms in total. The van der Waals surface area contributed by atoms with Crippen LogP contribution < -0.4 is 10.6 Å². The zero-order valence-corrected chi connectivity index (χ0v) is 24.5. The smallest absolute Gasteiger partial charge is 0.355 e. The second-order valence-electron chi connectivity index (χ2n) is 11.1. The van der Waals surface area contributed by atoms with Crippen molar-refractivity contribution in [1.82, 2.24) is 24.4 Å². The van der Waals surface area contributed by atoms with Crippen LogP contribution in [0.1, 0.15) is 50.4 Å². The van der Waals surface area contributed by atoms with Gasteiger partial charge >= 0.3 is 5.69 Å². The van der Waals surface area contributed by atoms with E-state index < -0.39 is 11.5 Å². The quantitative estimate of drug-likeness (QED) is 0.340. The average Bonchev–Trinajstić information content (AvgIpc) is 2.97. The van der Waals surface area contributed by atoms with Gasteiger partial charge in [-0.1, -0.05) is 44.7 Å². The first-order valence-corrected chi connectivity index (χ1v) is 14.0. The first-order chi connectivity index (χ1) is 20.1. The predicted octanol–water partition coefficient (Wildman–Crippen LogP) is 4.52. The molecule has 0 radical (unpaired) electrons. The van der Waals surface area contributed by atoms with Gasteiger partial charge in [-0.25, -0.2) is 18.7 Å². The maximum absolute atomic E-state index is 16.0. The van der Waals surface area contributed by atoms with Crippen LogP contribution in [0.5, 0.6) is 0 Å². The third-order valence-corrected chi connectivity index (χ3v) is 7.88. The molecule has 218 valence electrons. The molecule has 42 heavy (non-hydrogen) atoms. The second kappa shape index (κ2) is 11.4. The summed E-state index contributed by atoms with van der Waals surface area (Å²) in [5.74, 6) is -0.495. The molecule has 1 aliphatic rings. The summed E-state index contributed by atoms with van der Waals surface area (Å²) in [6.07, 6.45) is 2.99. The van der Waals surface area contributed by atoms with Crippen LogP contribution in [0.15, 0.2) is 60.0 Å². The van der Waals surface area contributed by atoms with E-state index in [4.69, 9.17) is 4.98 Å². The molecular weight excluding hydrogens is 535 g/mol. The zero-order chi connectivity index (χ0) is 30.3.